The number of H-pyrrole nitrogens is 1. The zero-order valence-electron chi connectivity index (χ0n) is 10.8. The largest absolute Gasteiger partial charge is 0.396 e. The number of aromatic amines is 1. The molecule has 0 amide bonds. The number of nitrogens with two attached hydrogens (primary N) is 2. The van der Waals surface area contributed by atoms with E-state index in [9.17, 15) is 0 Å². The zero-order chi connectivity index (χ0) is 13.7. The van der Waals surface area contributed by atoms with Crippen LogP contribution in [-0.4, -0.2) is 9.97 Å². The number of aromatic nitrogens is 2. The molecule has 6 heteroatoms. The van der Waals surface area contributed by atoms with Crippen LogP contribution in [0.15, 0.2) is 21.5 Å². The molecule has 5 N–H and O–H groups in total. The van der Waals surface area contributed by atoms with Gasteiger partial charge in [0.2, 0.25) is 0 Å². The van der Waals surface area contributed by atoms with Gasteiger partial charge in [0.25, 0.3) is 0 Å². The van der Waals surface area contributed by atoms with Gasteiger partial charge in [-0.2, -0.15) is 0 Å². The SMILES string of the molecule is CCCCc1nc2cscc2[nH]1.Nc1cscc1N. The van der Waals surface area contributed by atoms with E-state index in [1.165, 1.54) is 29.7 Å². The van der Waals surface area contributed by atoms with E-state index in [1.807, 2.05) is 10.8 Å². The molecule has 3 heterocycles. The Balaban J connectivity index is 0.000000163. The van der Waals surface area contributed by atoms with Crippen molar-refractivity contribution in [2.75, 3.05) is 11.5 Å². The van der Waals surface area contributed by atoms with E-state index >= 15 is 0 Å². The fourth-order valence-electron chi connectivity index (χ4n) is 1.58. The van der Waals surface area contributed by atoms with Gasteiger partial charge in [-0.25, -0.2) is 4.98 Å². The van der Waals surface area contributed by atoms with Crippen molar-refractivity contribution in [3.63, 3.8) is 0 Å². The molecule has 0 aliphatic heterocycles. The molecule has 4 nitrogen and oxygen atoms in total. The minimum absolute atomic E-state index is 0.685. The number of hydrogen-bond donors (Lipinski definition) is 3. The molecule has 0 fully saturated rings. The van der Waals surface area contributed by atoms with Crippen molar-refractivity contribution >= 4 is 45.1 Å². The Bertz CT molecular complexity index is 578. The summed E-state index contributed by atoms with van der Waals surface area (Å²) in [6.45, 7) is 2.20. The number of nitrogens with one attached hydrogen (secondary N) is 1. The van der Waals surface area contributed by atoms with Crippen molar-refractivity contribution in [2.24, 2.45) is 0 Å². The van der Waals surface area contributed by atoms with Crippen LogP contribution in [-0.2, 0) is 6.42 Å². The second-order valence-corrected chi connectivity index (χ2v) is 5.73. The highest BCUT2D eigenvalue weighted by Gasteiger charge is 2.01. The average molecular weight is 294 g/mol. The Labute approximate surface area is 120 Å². The molecule has 0 bridgehead atoms. The van der Waals surface area contributed by atoms with E-state index < -0.39 is 0 Å². The Morgan fingerprint density at radius 3 is 2.32 bits per heavy atom. The first-order chi connectivity index (χ1) is 9.20. The van der Waals surface area contributed by atoms with Crippen molar-refractivity contribution < 1.29 is 0 Å². The molecule has 19 heavy (non-hydrogen) atoms. The van der Waals surface area contributed by atoms with Gasteiger partial charge in [-0.05, 0) is 6.42 Å². The molecule has 0 atom stereocenters. The van der Waals surface area contributed by atoms with Crippen molar-refractivity contribution in [3.8, 4) is 0 Å². The zero-order valence-corrected chi connectivity index (χ0v) is 12.5. The summed E-state index contributed by atoms with van der Waals surface area (Å²) in [6, 6.07) is 0. The number of nitrogen functional groups attached to an aromatic ring is 2. The molecule has 3 aromatic rings. The smallest absolute Gasteiger partial charge is 0.107 e. The minimum atomic E-state index is 0.685. The fraction of sp³-hybridized carbons (Fsp3) is 0.308. The van der Waals surface area contributed by atoms with Gasteiger partial charge in [0.1, 0.15) is 5.82 Å². The summed E-state index contributed by atoms with van der Waals surface area (Å²) in [4.78, 5) is 7.77. The van der Waals surface area contributed by atoms with Crippen LogP contribution in [0.25, 0.3) is 11.0 Å². The van der Waals surface area contributed by atoms with E-state index in [2.05, 4.69) is 27.7 Å². The molecule has 0 radical (unpaired) electrons. The van der Waals surface area contributed by atoms with Crippen LogP contribution in [0.3, 0.4) is 0 Å². The fourth-order valence-corrected chi connectivity index (χ4v) is 2.90. The maximum atomic E-state index is 5.33. The van der Waals surface area contributed by atoms with Crippen LogP contribution >= 0.6 is 22.7 Å². The topological polar surface area (TPSA) is 80.7 Å². The van der Waals surface area contributed by atoms with Crippen molar-refractivity contribution in [1.29, 1.82) is 0 Å². The summed E-state index contributed by atoms with van der Waals surface area (Å²) >= 11 is 3.21. The highest BCUT2D eigenvalue weighted by atomic mass is 32.1. The Morgan fingerprint density at radius 1 is 1.11 bits per heavy atom. The number of anilines is 2. The van der Waals surface area contributed by atoms with Gasteiger partial charge in [-0.1, -0.05) is 13.3 Å². The van der Waals surface area contributed by atoms with Gasteiger partial charge in [-0.3, -0.25) is 0 Å². The van der Waals surface area contributed by atoms with E-state index in [-0.39, 0.29) is 0 Å². The molecule has 102 valence electrons. The number of imidazole rings is 1. The maximum Gasteiger partial charge on any atom is 0.107 e. The van der Waals surface area contributed by atoms with Crippen LogP contribution in [0.5, 0.6) is 0 Å². The first-order valence-corrected chi connectivity index (χ1v) is 8.07. The number of aryl methyl sites for hydroxylation is 1. The summed E-state index contributed by atoms with van der Waals surface area (Å²) in [7, 11) is 0. The van der Waals surface area contributed by atoms with Crippen LogP contribution in [0.1, 0.15) is 25.6 Å². The van der Waals surface area contributed by atoms with Crippen LogP contribution in [0, 0.1) is 0 Å². The normalized spacial score (nSPS) is 10.4. The monoisotopic (exact) mass is 294 g/mol. The van der Waals surface area contributed by atoms with Gasteiger partial charge in [0.05, 0.1) is 22.4 Å². The summed E-state index contributed by atoms with van der Waals surface area (Å²) in [5.74, 6) is 1.13. The number of fused-ring (bicyclic) bond motifs is 1. The third-order valence-corrected chi connectivity index (χ3v) is 4.18. The number of nitrogens with zero attached hydrogens (tertiary/aromatic N) is 1. The highest BCUT2D eigenvalue weighted by molar-refractivity contribution is 7.09. The predicted molar refractivity (Wildman–Crippen MR) is 85.7 cm³/mol. The maximum absolute atomic E-state index is 5.33. The third kappa shape index (κ3) is 3.71. The Hall–Kier alpha value is -1.53. The van der Waals surface area contributed by atoms with Crippen LogP contribution in [0.2, 0.25) is 0 Å². The van der Waals surface area contributed by atoms with Crippen LogP contribution < -0.4 is 11.5 Å². The molecule has 0 aliphatic carbocycles. The standard InChI is InChI=1S/C9H12N2S.C4H6N2S/c1-2-3-4-9-10-7-5-12-6-8(7)11-9;5-3-1-7-2-4(3)6/h5-6H,2-4H2,1H3,(H,10,11);1-2H,5-6H2. The molecule has 0 unspecified atom stereocenters. The number of hydrogen-bond acceptors (Lipinski definition) is 5. The molecule has 0 spiro atoms. The van der Waals surface area contributed by atoms with Gasteiger partial charge in [0.15, 0.2) is 0 Å². The van der Waals surface area contributed by atoms with E-state index in [1.54, 1.807) is 11.3 Å². The van der Waals surface area contributed by atoms with Crippen LogP contribution in [0.4, 0.5) is 11.4 Å². The Kier molecular flexibility index (Phi) is 4.81. The molecule has 0 aromatic carbocycles. The third-order valence-electron chi connectivity index (χ3n) is 2.67. The highest BCUT2D eigenvalue weighted by Crippen LogP contribution is 2.18. The van der Waals surface area contributed by atoms with Gasteiger partial charge in [-0.15, -0.1) is 22.7 Å². The van der Waals surface area contributed by atoms with Gasteiger partial charge >= 0.3 is 0 Å². The molecule has 0 aliphatic rings. The summed E-state index contributed by atoms with van der Waals surface area (Å²) < 4.78 is 0. The first kappa shape index (κ1) is 13.9. The minimum Gasteiger partial charge on any atom is -0.396 e. The van der Waals surface area contributed by atoms with E-state index in [0.717, 1.165) is 17.8 Å². The van der Waals surface area contributed by atoms with Crippen molar-refractivity contribution in [2.45, 2.75) is 26.2 Å². The average Bonchev–Trinajstić information content (AvgIpc) is 3.05. The molecular weight excluding hydrogens is 276 g/mol. The molecule has 3 rings (SSSR count). The number of unbranched alkanes of at least 4 members (excludes halogenated alkanes) is 1. The van der Waals surface area contributed by atoms with Gasteiger partial charge < -0.3 is 16.5 Å². The second-order valence-electron chi connectivity index (χ2n) is 4.24. The van der Waals surface area contributed by atoms with E-state index in [0.29, 0.717) is 11.4 Å². The lowest BCUT2D eigenvalue weighted by Crippen LogP contribution is -1.87. The lowest BCUT2D eigenvalue weighted by Gasteiger charge is -1.91. The molecule has 3 aromatic heterocycles. The predicted octanol–water partition coefficient (Wildman–Crippen LogP) is 3.88. The second kappa shape index (κ2) is 6.58. The summed E-state index contributed by atoms with van der Waals surface area (Å²) in [6.07, 6.45) is 3.53. The number of rotatable bonds is 3. The number of thiophene rings is 2. The molecular formula is C13H18N4S2. The summed E-state index contributed by atoms with van der Waals surface area (Å²) in [5, 5.41) is 7.82. The first-order valence-electron chi connectivity index (χ1n) is 6.18. The van der Waals surface area contributed by atoms with Crippen molar-refractivity contribution in [3.05, 3.63) is 27.3 Å². The lowest BCUT2D eigenvalue weighted by atomic mass is 10.2. The lowest BCUT2D eigenvalue weighted by molar-refractivity contribution is 0.765. The van der Waals surface area contributed by atoms with Gasteiger partial charge in [0, 0.05) is 27.9 Å². The molecule has 0 saturated carbocycles. The quantitative estimate of drug-likeness (QED) is 0.685. The van der Waals surface area contributed by atoms with E-state index in [4.69, 9.17) is 11.5 Å². The summed E-state index contributed by atoms with van der Waals surface area (Å²) in [5.41, 5.74) is 14.3. The Morgan fingerprint density at radius 2 is 1.79 bits per heavy atom. The van der Waals surface area contributed by atoms with Crippen molar-refractivity contribution in [1.82, 2.24) is 9.97 Å². The molecule has 0 saturated heterocycles.